The van der Waals surface area contributed by atoms with Crippen molar-refractivity contribution in [2.75, 3.05) is 11.5 Å². The fourth-order valence-electron chi connectivity index (χ4n) is 0.163. The quantitative estimate of drug-likeness (QED) is 0.476. The van der Waals surface area contributed by atoms with Crippen molar-refractivity contribution in [2.45, 2.75) is 0 Å². The Labute approximate surface area is 50.4 Å². The minimum atomic E-state index is -2.52. The summed E-state index contributed by atoms with van der Waals surface area (Å²) in [6.07, 6.45) is 0. The summed E-state index contributed by atoms with van der Waals surface area (Å²) in [7, 11) is -5.03. The highest BCUT2D eigenvalue weighted by atomic mass is 32.2. The maximum Gasteiger partial charge on any atom is 0.141 e. The van der Waals surface area contributed by atoms with Crippen LogP contribution in [-0.4, -0.2) is 28.3 Å². The molecule has 0 rings (SSSR count). The number of hydrogen-bond donors (Lipinski definition) is 2. The first-order valence-electron chi connectivity index (χ1n) is 1.86. The fraction of sp³-hybridized carbons (Fsp3) is 1.00. The van der Waals surface area contributed by atoms with Gasteiger partial charge in [0.15, 0.2) is 0 Å². The van der Waals surface area contributed by atoms with E-state index in [1.54, 1.807) is 0 Å². The van der Waals surface area contributed by atoms with Gasteiger partial charge in [0.2, 0.25) is 0 Å². The molecule has 50 valence electrons. The summed E-state index contributed by atoms with van der Waals surface area (Å²) < 4.78 is 38.7. The minimum absolute atomic E-state index is 0.256. The Morgan fingerprint density at radius 2 is 1.00 bits per heavy atom. The Kier molecular flexibility index (Phi) is 3.80. The zero-order valence-corrected chi connectivity index (χ0v) is 5.73. The molecule has 0 amide bonds. The smallest absolute Gasteiger partial charge is 0.141 e. The second-order valence-electron chi connectivity index (χ2n) is 1.11. The number of thiol groups is 2. The van der Waals surface area contributed by atoms with Gasteiger partial charge in [-0.1, -0.05) is 0 Å². The van der Waals surface area contributed by atoms with Gasteiger partial charge in [-0.2, -0.15) is 0 Å². The van der Waals surface area contributed by atoms with Crippen molar-refractivity contribution in [1.29, 1.82) is 0 Å². The topological polar surface area (TPSA) is 68.3 Å². The predicted octanol–water partition coefficient (Wildman–Crippen LogP) is -1.79. The maximum absolute atomic E-state index is 9.67. The normalized spacial score (nSPS) is 10.8. The summed E-state index contributed by atoms with van der Waals surface area (Å²) in [5.74, 6) is -0.512. The lowest BCUT2D eigenvalue weighted by Gasteiger charge is -1.75. The van der Waals surface area contributed by atoms with Gasteiger partial charge in [-0.3, -0.25) is 0 Å². The molecule has 0 aliphatic rings. The second-order valence-corrected chi connectivity index (χ2v) is 3.34. The molecule has 4 nitrogen and oxygen atoms in total. The first-order chi connectivity index (χ1) is 3.63. The Morgan fingerprint density at radius 1 is 0.750 bits per heavy atom. The minimum Gasteiger partial charge on any atom is -0.232 e. The highest BCUT2D eigenvalue weighted by molar-refractivity contribution is 7.76. The van der Waals surface area contributed by atoms with Crippen LogP contribution >= 0.6 is 0 Å². The van der Waals surface area contributed by atoms with Crippen LogP contribution in [0.15, 0.2) is 0 Å². The summed E-state index contributed by atoms with van der Waals surface area (Å²) in [5.41, 5.74) is 0. The van der Waals surface area contributed by atoms with E-state index in [0.717, 1.165) is 0 Å². The van der Waals surface area contributed by atoms with Crippen LogP contribution in [0.1, 0.15) is 0 Å². The molecule has 0 atom stereocenters. The molecule has 0 aromatic rings. The monoisotopic (exact) mass is 158 g/mol. The molecule has 0 bridgehead atoms. The van der Waals surface area contributed by atoms with Crippen molar-refractivity contribution in [1.82, 2.24) is 0 Å². The van der Waals surface area contributed by atoms with E-state index < -0.39 is 21.4 Å². The van der Waals surface area contributed by atoms with Crippen molar-refractivity contribution in [3.8, 4) is 0 Å². The average Bonchev–Trinajstić information content (AvgIpc) is 1.61. The van der Waals surface area contributed by atoms with Gasteiger partial charge < -0.3 is 0 Å². The number of rotatable bonds is 3. The highest BCUT2D eigenvalue weighted by Crippen LogP contribution is 1.66. The van der Waals surface area contributed by atoms with Crippen molar-refractivity contribution in [2.24, 2.45) is 0 Å². The van der Waals surface area contributed by atoms with Gasteiger partial charge in [0.25, 0.3) is 0 Å². The SMILES string of the molecule is O=[SH](=O)CC[SH](=O)=O. The predicted molar refractivity (Wildman–Crippen MR) is 30.4 cm³/mol. The lowest BCUT2D eigenvalue weighted by atomic mass is 11.0. The lowest BCUT2D eigenvalue weighted by Crippen LogP contribution is -1.95. The summed E-state index contributed by atoms with van der Waals surface area (Å²) in [5, 5.41) is 0. The standard InChI is InChI=1S/C2H6O4S2/c3-7(4)1-2-8(5)6/h7-8H,1-2H2. The molecular formula is C2H6O4S2. The molecule has 0 radical (unpaired) electrons. The molecule has 0 aromatic carbocycles. The molecule has 0 N–H and O–H groups in total. The average molecular weight is 158 g/mol. The molecule has 6 heteroatoms. The fourth-order valence-corrected chi connectivity index (χ4v) is 1.47. The molecule has 0 aromatic heterocycles. The zero-order chi connectivity index (χ0) is 6.57. The van der Waals surface area contributed by atoms with E-state index >= 15 is 0 Å². The molecule has 0 aliphatic carbocycles. The molecule has 0 spiro atoms. The summed E-state index contributed by atoms with van der Waals surface area (Å²) >= 11 is 0. The number of hydrogen-bond acceptors (Lipinski definition) is 4. The molecule has 0 fully saturated rings. The van der Waals surface area contributed by atoms with Crippen LogP contribution in [0, 0.1) is 0 Å². The van der Waals surface area contributed by atoms with Crippen LogP contribution < -0.4 is 0 Å². The summed E-state index contributed by atoms with van der Waals surface area (Å²) in [6.45, 7) is 0. The van der Waals surface area contributed by atoms with Gasteiger partial charge in [-0.25, -0.2) is 16.8 Å². The summed E-state index contributed by atoms with van der Waals surface area (Å²) in [6, 6.07) is 0. The highest BCUT2D eigenvalue weighted by Gasteiger charge is 1.87. The molecular weight excluding hydrogens is 152 g/mol. The third kappa shape index (κ3) is 5.90. The van der Waals surface area contributed by atoms with Gasteiger partial charge in [-0.05, 0) is 0 Å². The van der Waals surface area contributed by atoms with Crippen molar-refractivity contribution in [3.63, 3.8) is 0 Å². The van der Waals surface area contributed by atoms with Crippen LogP contribution in [-0.2, 0) is 21.4 Å². The Morgan fingerprint density at radius 3 is 1.12 bits per heavy atom. The van der Waals surface area contributed by atoms with E-state index in [9.17, 15) is 16.8 Å². The van der Waals surface area contributed by atoms with Crippen LogP contribution in [0.25, 0.3) is 0 Å². The van der Waals surface area contributed by atoms with Gasteiger partial charge in [0.1, 0.15) is 21.4 Å². The van der Waals surface area contributed by atoms with Gasteiger partial charge in [-0.15, -0.1) is 0 Å². The third-order valence-corrected chi connectivity index (χ3v) is 2.00. The molecule has 0 heterocycles. The van der Waals surface area contributed by atoms with Crippen LogP contribution in [0.5, 0.6) is 0 Å². The van der Waals surface area contributed by atoms with E-state index in [1.807, 2.05) is 0 Å². The van der Waals surface area contributed by atoms with Gasteiger partial charge in [0.05, 0.1) is 11.5 Å². The summed E-state index contributed by atoms with van der Waals surface area (Å²) in [4.78, 5) is 0. The maximum atomic E-state index is 9.67. The molecule has 0 unspecified atom stereocenters. The van der Waals surface area contributed by atoms with Crippen LogP contribution in [0.4, 0.5) is 0 Å². The third-order valence-electron chi connectivity index (χ3n) is 0.465. The lowest BCUT2D eigenvalue weighted by molar-refractivity contribution is 0.607. The Bertz CT molecular complexity index is 150. The first-order valence-corrected chi connectivity index (χ1v) is 4.59. The van der Waals surface area contributed by atoms with Crippen molar-refractivity contribution >= 4 is 21.4 Å². The van der Waals surface area contributed by atoms with E-state index in [-0.39, 0.29) is 11.5 Å². The zero-order valence-electron chi connectivity index (χ0n) is 3.94. The van der Waals surface area contributed by atoms with E-state index in [1.165, 1.54) is 0 Å². The van der Waals surface area contributed by atoms with Gasteiger partial charge in [0, 0.05) is 0 Å². The van der Waals surface area contributed by atoms with Gasteiger partial charge >= 0.3 is 0 Å². The molecule has 8 heavy (non-hydrogen) atoms. The first kappa shape index (κ1) is 7.90. The second kappa shape index (κ2) is 3.85. The van der Waals surface area contributed by atoms with E-state index in [2.05, 4.69) is 0 Å². The Hall–Kier alpha value is -0.100. The molecule has 0 saturated carbocycles. The van der Waals surface area contributed by atoms with Crippen LogP contribution in [0.2, 0.25) is 0 Å². The Balaban J connectivity index is 3.48. The largest absolute Gasteiger partial charge is 0.232 e. The van der Waals surface area contributed by atoms with Crippen LogP contribution in [0.3, 0.4) is 0 Å². The molecule has 0 saturated heterocycles. The van der Waals surface area contributed by atoms with Crippen molar-refractivity contribution in [3.05, 3.63) is 0 Å². The molecule has 0 aliphatic heterocycles. The van der Waals surface area contributed by atoms with E-state index in [0.29, 0.717) is 0 Å². The van der Waals surface area contributed by atoms with E-state index in [4.69, 9.17) is 0 Å². The van der Waals surface area contributed by atoms with Crippen molar-refractivity contribution < 1.29 is 16.8 Å².